The number of benzene rings is 2. The number of halogens is 4. The van der Waals surface area contributed by atoms with Crippen LogP contribution in [-0.4, -0.2) is 50.9 Å². The lowest BCUT2D eigenvalue weighted by molar-refractivity contribution is 0.0775. The minimum atomic E-state index is -0.474. The summed E-state index contributed by atoms with van der Waals surface area (Å²) in [6, 6.07) is 10.4. The third-order valence-electron chi connectivity index (χ3n) is 5.72. The SMILES string of the molecule is O=C(OCC(c1ccc(Cl)c(Cl)c1)n1ncnn1)N1CCC(Cc2ccc(Cl)c(Cl)c2)CC1. The van der Waals surface area contributed by atoms with Gasteiger partial charge in [0.25, 0.3) is 0 Å². The van der Waals surface area contributed by atoms with E-state index in [0.717, 1.165) is 30.4 Å². The molecule has 1 unspecified atom stereocenters. The highest BCUT2D eigenvalue weighted by atomic mass is 35.5. The van der Waals surface area contributed by atoms with E-state index in [1.807, 2.05) is 18.2 Å². The fourth-order valence-electron chi connectivity index (χ4n) is 3.89. The Morgan fingerprint density at radius 1 is 1.00 bits per heavy atom. The van der Waals surface area contributed by atoms with Crippen molar-refractivity contribution in [3.8, 4) is 0 Å². The summed E-state index contributed by atoms with van der Waals surface area (Å²) in [7, 11) is 0. The molecule has 2 heterocycles. The zero-order valence-corrected chi connectivity index (χ0v) is 20.5. The zero-order valence-electron chi connectivity index (χ0n) is 17.5. The van der Waals surface area contributed by atoms with Crippen LogP contribution in [0, 0.1) is 5.92 Å². The van der Waals surface area contributed by atoms with Crippen molar-refractivity contribution in [1.82, 2.24) is 25.1 Å². The van der Waals surface area contributed by atoms with Crippen molar-refractivity contribution in [1.29, 1.82) is 0 Å². The molecule has 33 heavy (non-hydrogen) atoms. The quantitative estimate of drug-likeness (QED) is 0.394. The van der Waals surface area contributed by atoms with E-state index in [0.29, 0.717) is 39.1 Å². The van der Waals surface area contributed by atoms with Crippen LogP contribution in [0.15, 0.2) is 42.7 Å². The van der Waals surface area contributed by atoms with Crippen molar-refractivity contribution in [3.05, 3.63) is 73.9 Å². The van der Waals surface area contributed by atoms with Gasteiger partial charge < -0.3 is 9.64 Å². The van der Waals surface area contributed by atoms with Crippen molar-refractivity contribution >= 4 is 52.5 Å². The molecule has 4 rings (SSSR count). The van der Waals surface area contributed by atoms with Crippen LogP contribution in [0.1, 0.15) is 30.0 Å². The van der Waals surface area contributed by atoms with Gasteiger partial charge in [-0.1, -0.05) is 58.5 Å². The molecule has 3 aromatic rings. The van der Waals surface area contributed by atoms with Gasteiger partial charge in [-0.05, 0) is 65.8 Å². The predicted molar refractivity (Wildman–Crippen MR) is 128 cm³/mol. The van der Waals surface area contributed by atoms with E-state index in [1.54, 1.807) is 23.1 Å². The topological polar surface area (TPSA) is 73.1 Å². The molecule has 0 bridgehead atoms. The molecule has 0 N–H and O–H groups in total. The molecule has 0 radical (unpaired) electrons. The number of carbonyl (C=O) groups excluding carboxylic acids is 1. The molecule has 11 heteroatoms. The van der Waals surface area contributed by atoms with Crippen LogP contribution in [0.2, 0.25) is 20.1 Å². The van der Waals surface area contributed by atoms with Crippen LogP contribution in [0.25, 0.3) is 0 Å². The highest BCUT2D eigenvalue weighted by Crippen LogP contribution is 2.29. The maximum absolute atomic E-state index is 12.7. The minimum absolute atomic E-state index is 0.0381. The molecule has 1 atom stereocenters. The number of nitrogens with zero attached hydrogens (tertiary/aromatic N) is 5. The molecule has 174 valence electrons. The van der Waals surface area contributed by atoms with E-state index in [-0.39, 0.29) is 12.7 Å². The van der Waals surface area contributed by atoms with Crippen molar-refractivity contribution in [2.45, 2.75) is 25.3 Å². The van der Waals surface area contributed by atoms with Crippen LogP contribution in [0.4, 0.5) is 4.79 Å². The van der Waals surface area contributed by atoms with E-state index in [4.69, 9.17) is 51.1 Å². The number of hydrogen-bond acceptors (Lipinski definition) is 5. The molecule has 0 spiro atoms. The summed E-state index contributed by atoms with van der Waals surface area (Å²) >= 11 is 24.3. The molecule has 2 aromatic carbocycles. The first kappa shape index (κ1) is 24.1. The number of likely N-dealkylation sites (tertiary alicyclic amines) is 1. The smallest absolute Gasteiger partial charge is 0.409 e. The lowest BCUT2D eigenvalue weighted by Crippen LogP contribution is -2.40. The van der Waals surface area contributed by atoms with Gasteiger partial charge in [0.2, 0.25) is 0 Å². The monoisotopic (exact) mass is 527 g/mol. The summed E-state index contributed by atoms with van der Waals surface area (Å²) in [5.41, 5.74) is 1.91. The van der Waals surface area contributed by atoms with Crippen LogP contribution >= 0.6 is 46.4 Å². The predicted octanol–water partition coefficient (Wildman–Crippen LogP) is 5.97. The second kappa shape index (κ2) is 10.9. The van der Waals surface area contributed by atoms with Gasteiger partial charge in [-0.15, -0.1) is 10.2 Å². The van der Waals surface area contributed by atoms with E-state index in [9.17, 15) is 4.79 Å². The Labute approximate surface area is 211 Å². The van der Waals surface area contributed by atoms with E-state index < -0.39 is 6.04 Å². The van der Waals surface area contributed by atoms with Gasteiger partial charge in [-0.2, -0.15) is 4.80 Å². The van der Waals surface area contributed by atoms with Crippen molar-refractivity contribution < 1.29 is 9.53 Å². The molecule has 7 nitrogen and oxygen atoms in total. The summed E-state index contributed by atoms with van der Waals surface area (Å²) in [6.07, 6.45) is 3.63. The molecule has 1 aromatic heterocycles. The van der Waals surface area contributed by atoms with Crippen LogP contribution in [0.5, 0.6) is 0 Å². The van der Waals surface area contributed by atoms with E-state index in [1.165, 1.54) is 11.1 Å². The lowest BCUT2D eigenvalue weighted by Gasteiger charge is -2.31. The van der Waals surface area contributed by atoms with Gasteiger partial charge in [0, 0.05) is 13.1 Å². The number of carbonyl (C=O) groups is 1. The Balaban J connectivity index is 1.33. The first-order valence-corrected chi connectivity index (χ1v) is 11.9. The summed E-state index contributed by atoms with van der Waals surface area (Å²) < 4.78 is 5.62. The Morgan fingerprint density at radius 2 is 1.70 bits per heavy atom. The van der Waals surface area contributed by atoms with Crippen molar-refractivity contribution in [2.75, 3.05) is 19.7 Å². The average molecular weight is 529 g/mol. The van der Waals surface area contributed by atoms with Crippen LogP contribution < -0.4 is 0 Å². The Hall–Kier alpha value is -2.06. The maximum Gasteiger partial charge on any atom is 0.409 e. The third-order valence-corrected chi connectivity index (χ3v) is 7.20. The molecular formula is C22H21Cl4N5O2. The highest BCUT2D eigenvalue weighted by Gasteiger charge is 2.26. The van der Waals surface area contributed by atoms with Crippen molar-refractivity contribution in [3.63, 3.8) is 0 Å². The molecule has 1 saturated heterocycles. The molecule has 1 aliphatic rings. The van der Waals surface area contributed by atoms with Gasteiger partial charge >= 0.3 is 6.09 Å². The Kier molecular flexibility index (Phi) is 7.96. The zero-order chi connectivity index (χ0) is 23.4. The van der Waals surface area contributed by atoms with Gasteiger partial charge in [0.1, 0.15) is 12.6 Å². The van der Waals surface area contributed by atoms with Crippen molar-refractivity contribution in [2.24, 2.45) is 5.92 Å². The number of tetrazole rings is 1. The first-order valence-electron chi connectivity index (χ1n) is 10.4. The fraction of sp³-hybridized carbons (Fsp3) is 0.364. The number of piperidine rings is 1. The lowest BCUT2D eigenvalue weighted by atomic mass is 9.90. The normalized spacial score (nSPS) is 15.5. The van der Waals surface area contributed by atoms with Gasteiger partial charge in [-0.25, -0.2) is 4.79 Å². The standard InChI is InChI=1S/C22H21Cl4N5O2/c23-17-3-1-15(10-19(17)25)9-14-5-7-30(8-6-14)22(32)33-12-21(31-28-13-27-29-31)16-2-4-18(24)20(26)11-16/h1-4,10-11,13-14,21H,5-9,12H2. The van der Waals surface area contributed by atoms with E-state index >= 15 is 0 Å². The largest absolute Gasteiger partial charge is 0.447 e. The van der Waals surface area contributed by atoms with Gasteiger partial charge in [-0.3, -0.25) is 0 Å². The number of hydrogen-bond donors (Lipinski definition) is 0. The third kappa shape index (κ3) is 6.09. The number of rotatable bonds is 6. The van der Waals surface area contributed by atoms with E-state index in [2.05, 4.69) is 15.4 Å². The molecule has 1 amide bonds. The van der Waals surface area contributed by atoms with Gasteiger partial charge in [0.15, 0.2) is 6.33 Å². The molecule has 0 saturated carbocycles. The molecular weight excluding hydrogens is 508 g/mol. The number of ether oxygens (including phenoxy) is 1. The summed E-state index contributed by atoms with van der Waals surface area (Å²) in [5.74, 6) is 0.467. The summed E-state index contributed by atoms with van der Waals surface area (Å²) in [5, 5.41) is 13.8. The van der Waals surface area contributed by atoms with Crippen LogP contribution in [0.3, 0.4) is 0 Å². The number of amides is 1. The second-order valence-corrected chi connectivity index (χ2v) is 9.53. The average Bonchev–Trinajstić information content (AvgIpc) is 3.34. The minimum Gasteiger partial charge on any atom is -0.447 e. The second-order valence-electron chi connectivity index (χ2n) is 7.91. The van der Waals surface area contributed by atoms with Crippen LogP contribution in [-0.2, 0) is 11.2 Å². The number of aromatic nitrogens is 4. The summed E-state index contributed by atoms with van der Waals surface area (Å²) in [6.45, 7) is 1.30. The van der Waals surface area contributed by atoms with Gasteiger partial charge in [0.05, 0.1) is 20.1 Å². The summed E-state index contributed by atoms with van der Waals surface area (Å²) in [4.78, 5) is 15.8. The first-order chi connectivity index (χ1) is 15.9. The molecule has 1 fully saturated rings. The highest BCUT2D eigenvalue weighted by molar-refractivity contribution is 6.42. The Bertz CT molecular complexity index is 1100. The molecule has 1 aliphatic heterocycles. The fourth-order valence-corrected chi connectivity index (χ4v) is 4.52. The molecule has 0 aliphatic carbocycles. The maximum atomic E-state index is 12.7. The Morgan fingerprint density at radius 3 is 2.33 bits per heavy atom.